The lowest BCUT2D eigenvalue weighted by Crippen LogP contribution is -2.52. The van der Waals surface area contributed by atoms with Gasteiger partial charge in [-0.05, 0) is 69.7 Å². The van der Waals surface area contributed by atoms with Crippen LogP contribution < -0.4 is 10.1 Å². The van der Waals surface area contributed by atoms with E-state index in [1.54, 1.807) is 0 Å². The number of rotatable bonds is 9. The molecule has 3 aliphatic rings. The quantitative estimate of drug-likeness (QED) is 0.329. The van der Waals surface area contributed by atoms with Gasteiger partial charge in [-0.1, -0.05) is 81.2 Å². The number of benzene rings is 2. The minimum Gasteiger partial charge on any atom is -0.483 e. The average Bonchev–Trinajstić information content (AvgIpc) is 2.95. The molecule has 1 heterocycles. The molecule has 2 unspecified atom stereocenters. The summed E-state index contributed by atoms with van der Waals surface area (Å²) in [6.45, 7) is 7.56. The Bertz CT molecular complexity index is 1080. The number of carbonyl (C=O) groups is 1. The zero-order valence-electron chi connectivity index (χ0n) is 24.2. The molecule has 0 spiro atoms. The maximum atomic E-state index is 13.3. The van der Waals surface area contributed by atoms with E-state index in [2.05, 4.69) is 48.6 Å². The van der Waals surface area contributed by atoms with Crippen LogP contribution in [-0.2, 0) is 20.8 Å². The first-order chi connectivity index (χ1) is 18.9. The first kappa shape index (κ1) is 28.0. The zero-order chi connectivity index (χ0) is 27.2. The van der Waals surface area contributed by atoms with Gasteiger partial charge in [0.15, 0.2) is 6.10 Å². The van der Waals surface area contributed by atoms with Crippen LogP contribution in [0.2, 0.25) is 0 Å². The highest BCUT2D eigenvalue weighted by Gasteiger charge is 2.48. The van der Waals surface area contributed by atoms with Gasteiger partial charge in [0, 0.05) is 24.4 Å². The van der Waals surface area contributed by atoms with Crippen molar-refractivity contribution in [3.63, 3.8) is 0 Å². The molecular weight excluding hydrogens is 486 g/mol. The van der Waals surface area contributed by atoms with Crippen molar-refractivity contribution < 1.29 is 19.0 Å². The fraction of sp³-hybridized carbons (Fsp3) is 0.618. The molecule has 0 bridgehead atoms. The number of hydrogen-bond acceptors (Lipinski definition) is 5. The van der Waals surface area contributed by atoms with Gasteiger partial charge >= 0.3 is 5.97 Å². The van der Waals surface area contributed by atoms with Gasteiger partial charge in [0.2, 0.25) is 0 Å². The van der Waals surface area contributed by atoms with Gasteiger partial charge in [-0.2, -0.15) is 0 Å². The maximum Gasteiger partial charge on any atom is 0.309 e. The van der Waals surface area contributed by atoms with Crippen LogP contribution in [0.4, 0.5) is 5.69 Å². The van der Waals surface area contributed by atoms with Crippen molar-refractivity contribution in [3.8, 4) is 5.75 Å². The Kier molecular flexibility index (Phi) is 9.17. The smallest absolute Gasteiger partial charge is 0.309 e. The van der Waals surface area contributed by atoms with Crippen LogP contribution in [0.5, 0.6) is 5.75 Å². The lowest BCUT2D eigenvalue weighted by atomic mass is 9.86. The highest BCUT2D eigenvalue weighted by Crippen LogP contribution is 2.45. The van der Waals surface area contributed by atoms with Crippen LogP contribution >= 0.6 is 0 Å². The van der Waals surface area contributed by atoms with Crippen molar-refractivity contribution in [2.24, 2.45) is 11.8 Å². The van der Waals surface area contributed by atoms with Gasteiger partial charge in [-0.15, -0.1) is 0 Å². The van der Waals surface area contributed by atoms with Crippen molar-refractivity contribution in [1.82, 2.24) is 0 Å². The second-order valence-corrected chi connectivity index (χ2v) is 12.6. The number of fused-ring (bicyclic) bond motifs is 1. The largest absolute Gasteiger partial charge is 0.483 e. The topological polar surface area (TPSA) is 56.8 Å². The predicted octanol–water partition coefficient (Wildman–Crippen LogP) is 8.30. The predicted molar refractivity (Wildman–Crippen MR) is 156 cm³/mol. The number of anilines is 1. The molecule has 2 aromatic rings. The molecular formula is C34H47NO4. The molecule has 1 N–H and O–H groups in total. The molecule has 2 atom stereocenters. The summed E-state index contributed by atoms with van der Waals surface area (Å²) >= 11 is 0. The van der Waals surface area contributed by atoms with E-state index in [4.69, 9.17) is 14.2 Å². The molecule has 1 aliphatic heterocycles. The molecule has 39 heavy (non-hydrogen) atoms. The maximum absolute atomic E-state index is 13.3. The molecule has 212 valence electrons. The average molecular weight is 534 g/mol. The number of hydrogen-bond donors (Lipinski definition) is 1. The van der Waals surface area contributed by atoms with E-state index in [0.717, 1.165) is 61.6 Å². The lowest BCUT2D eigenvalue weighted by molar-refractivity contribution is -0.189. The first-order valence-corrected chi connectivity index (χ1v) is 15.3. The Morgan fingerprint density at radius 2 is 1.64 bits per heavy atom. The van der Waals surface area contributed by atoms with E-state index in [9.17, 15) is 4.79 Å². The van der Waals surface area contributed by atoms with Crippen LogP contribution in [0.25, 0.3) is 0 Å². The standard InChI is InChI=1S/C34H47NO4/c1-24-14-16-26(17-15-24)23-35-28-18-19-30-29(22-28)31(37-21-20-25-10-6-4-7-11-25)32(34(2,3)39-30)38-33(36)27-12-8-5-9-13-27/h14-19,22,25,27,31-32,35H,4-13,20-21,23H2,1-3H3. The molecule has 2 saturated carbocycles. The summed E-state index contributed by atoms with van der Waals surface area (Å²) in [5.41, 5.74) is 3.78. The number of ether oxygens (including phenoxy) is 3. The van der Waals surface area contributed by atoms with Crippen molar-refractivity contribution in [3.05, 3.63) is 59.2 Å². The number of carbonyl (C=O) groups excluding carboxylic acids is 1. The Morgan fingerprint density at radius 1 is 0.949 bits per heavy atom. The number of esters is 1. The Morgan fingerprint density at radius 3 is 2.36 bits per heavy atom. The number of nitrogens with one attached hydrogen (secondary N) is 1. The minimum atomic E-state index is -0.691. The van der Waals surface area contributed by atoms with E-state index < -0.39 is 11.7 Å². The lowest BCUT2D eigenvalue weighted by Gasteiger charge is -2.44. The first-order valence-electron chi connectivity index (χ1n) is 15.3. The highest BCUT2D eigenvalue weighted by molar-refractivity contribution is 5.73. The van der Waals surface area contributed by atoms with Gasteiger partial charge < -0.3 is 19.5 Å². The molecule has 0 amide bonds. The van der Waals surface area contributed by atoms with Crippen molar-refractivity contribution >= 4 is 11.7 Å². The van der Waals surface area contributed by atoms with Crippen LogP contribution in [0.15, 0.2) is 42.5 Å². The summed E-state index contributed by atoms with van der Waals surface area (Å²) < 4.78 is 19.5. The Labute approximate surface area is 235 Å². The Hall–Kier alpha value is -2.53. The highest BCUT2D eigenvalue weighted by atomic mass is 16.6. The molecule has 2 fully saturated rings. The van der Waals surface area contributed by atoms with Crippen molar-refractivity contribution in [2.75, 3.05) is 11.9 Å². The third-order valence-electron chi connectivity index (χ3n) is 9.00. The minimum absolute atomic E-state index is 0.0126. The van der Waals surface area contributed by atoms with Gasteiger partial charge in [-0.25, -0.2) is 0 Å². The molecule has 2 aromatic carbocycles. The molecule has 2 aliphatic carbocycles. The summed E-state index contributed by atoms with van der Waals surface area (Å²) in [7, 11) is 0. The summed E-state index contributed by atoms with van der Waals surface area (Å²) in [6, 6.07) is 14.8. The van der Waals surface area contributed by atoms with Crippen LogP contribution in [0, 0.1) is 18.8 Å². The summed E-state index contributed by atoms with van der Waals surface area (Å²) in [4.78, 5) is 13.3. The fourth-order valence-electron chi connectivity index (χ4n) is 6.53. The second kappa shape index (κ2) is 12.8. The van der Waals surface area contributed by atoms with E-state index in [0.29, 0.717) is 6.61 Å². The third-order valence-corrected chi connectivity index (χ3v) is 9.00. The second-order valence-electron chi connectivity index (χ2n) is 12.6. The third kappa shape index (κ3) is 7.16. The van der Waals surface area contributed by atoms with Crippen LogP contribution in [0.1, 0.15) is 107 Å². The molecule has 5 nitrogen and oxygen atoms in total. The van der Waals surface area contributed by atoms with Crippen molar-refractivity contribution in [2.45, 2.75) is 116 Å². The van der Waals surface area contributed by atoms with E-state index >= 15 is 0 Å². The van der Waals surface area contributed by atoms with Crippen LogP contribution in [0.3, 0.4) is 0 Å². The molecule has 0 aromatic heterocycles. The number of aryl methyl sites for hydroxylation is 1. The monoisotopic (exact) mass is 533 g/mol. The van der Waals surface area contributed by atoms with Crippen molar-refractivity contribution in [1.29, 1.82) is 0 Å². The molecule has 5 rings (SSSR count). The van der Waals surface area contributed by atoms with Gasteiger partial charge in [0.05, 0.1) is 5.92 Å². The van der Waals surface area contributed by atoms with Gasteiger partial charge in [0.25, 0.3) is 0 Å². The fourth-order valence-corrected chi connectivity index (χ4v) is 6.53. The van der Waals surface area contributed by atoms with Gasteiger partial charge in [0.1, 0.15) is 17.5 Å². The normalized spacial score (nSPS) is 23.5. The zero-order valence-corrected chi connectivity index (χ0v) is 24.2. The summed E-state index contributed by atoms with van der Waals surface area (Å²) in [6.07, 6.45) is 12.1. The summed E-state index contributed by atoms with van der Waals surface area (Å²) in [5.74, 6) is 1.45. The van der Waals surface area contributed by atoms with E-state index in [-0.39, 0.29) is 18.0 Å². The molecule has 5 heteroatoms. The molecule has 0 radical (unpaired) electrons. The van der Waals surface area contributed by atoms with Crippen LogP contribution in [-0.4, -0.2) is 24.3 Å². The Balaban J connectivity index is 1.36. The SMILES string of the molecule is Cc1ccc(CNc2ccc3c(c2)C(OCCC2CCCCC2)C(OC(=O)C2CCCCC2)C(C)(C)O3)cc1. The summed E-state index contributed by atoms with van der Waals surface area (Å²) in [5, 5.41) is 3.57. The molecule has 0 saturated heterocycles. The van der Waals surface area contributed by atoms with Gasteiger partial charge in [-0.3, -0.25) is 4.79 Å². The van der Waals surface area contributed by atoms with E-state index in [1.807, 2.05) is 19.9 Å². The van der Waals surface area contributed by atoms with E-state index in [1.165, 1.54) is 49.7 Å².